The maximum atomic E-state index is 5.38. The number of benzene rings is 2. The first-order chi connectivity index (χ1) is 22.6. The van der Waals surface area contributed by atoms with Crippen molar-refractivity contribution in [3.63, 3.8) is 0 Å². The molecule has 0 unspecified atom stereocenters. The van der Waals surface area contributed by atoms with Crippen molar-refractivity contribution in [2.75, 3.05) is 0 Å². The monoisotopic (exact) mass is 627 g/mol. The zero-order valence-corrected chi connectivity index (χ0v) is 31.1. The summed E-state index contributed by atoms with van der Waals surface area (Å²) < 4.78 is 0. The van der Waals surface area contributed by atoms with Gasteiger partial charge in [0.25, 0.3) is 0 Å². The molecule has 0 bridgehead atoms. The molecule has 0 atom stereocenters. The van der Waals surface area contributed by atoms with Gasteiger partial charge in [-0.3, -0.25) is 4.99 Å². The zero-order valence-electron chi connectivity index (χ0n) is 31.1. The molecule has 0 aliphatic heterocycles. The van der Waals surface area contributed by atoms with Gasteiger partial charge in [0.2, 0.25) is 0 Å². The fourth-order valence-electron chi connectivity index (χ4n) is 6.12. The quantitative estimate of drug-likeness (QED) is 0.0733. The molecule has 0 spiro atoms. The van der Waals surface area contributed by atoms with Crippen molar-refractivity contribution in [2.24, 2.45) is 9.98 Å². The van der Waals surface area contributed by atoms with Crippen molar-refractivity contribution in [1.29, 1.82) is 0 Å². The molecule has 2 aromatic rings. The van der Waals surface area contributed by atoms with Gasteiger partial charge in [0, 0.05) is 0 Å². The molecule has 0 aromatic heterocycles. The smallest absolute Gasteiger partial charge is 0.0848 e. The molecule has 0 N–H and O–H groups in total. The minimum Gasteiger partial charge on any atom is -0.251 e. The average molecular weight is 627 g/mol. The van der Waals surface area contributed by atoms with Gasteiger partial charge in [-0.25, -0.2) is 4.99 Å². The van der Waals surface area contributed by atoms with Crippen LogP contribution < -0.4 is 0 Å². The Morgan fingerprint density at radius 3 is 1.26 bits per heavy atom. The Morgan fingerprint density at radius 2 is 0.848 bits per heavy atom. The molecule has 0 saturated heterocycles. The van der Waals surface area contributed by atoms with Gasteiger partial charge in [-0.2, -0.15) is 0 Å². The minimum absolute atomic E-state index is 0.864. The van der Waals surface area contributed by atoms with Gasteiger partial charge in [0.15, 0.2) is 0 Å². The maximum absolute atomic E-state index is 5.38. The highest BCUT2D eigenvalue weighted by Gasteiger charge is 2.09. The van der Waals surface area contributed by atoms with Gasteiger partial charge in [-0.05, 0) is 123 Å². The first-order valence-corrected chi connectivity index (χ1v) is 19.6. The molecule has 0 heterocycles. The molecule has 2 aromatic carbocycles. The number of hydrogen-bond donors (Lipinski definition) is 0. The topological polar surface area (TPSA) is 24.7 Å². The standard InChI is InChI=1S/C44H70N2/c1-7-13-18-19-20-21-22-23-24-25-30-44(46-42-35-39(28-16-10-4)32-40(36-42)29-17-11-5)43(12-6)45-41-33-37(26-14-8-2)31-38(34-41)27-15-9-3/h25,30-36H,7-24,26-29H2,1-6H3/b30-25+,45-43?,46-44?. The van der Waals surface area contributed by atoms with Gasteiger partial charge in [-0.15, -0.1) is 0 Å². The Morgan fingerprint density at radius 1 is 0.457 bits per heavy atom. The van der Waals surface area contributed by atoms with E-state index in [4.69, 9.17) is 9.98 Å². The Hall–Kier alpha value is -2.48. The van der Waals surface area contributed by atoms with Gasteiger partial charge in [-0.1, -0.05) is 130 Å². The second kappa shape index (κ2) is 25.6. The van der Waals surface area contributed by atoms with Crippen LogP contribution in [0, 0.1) is 0 Å². The third-order valence-corrected chi connectivity index (χ3v) is 8.99. The zero-order chi connectivity index (χ0) is 33.2. The van der Waals surface area contributed by atoms with E-state index in [9.17, 15) is 0 Å². The molecule has 0 amide bonds. The second-order valence-electron chi connectivity index (χ2n) is 13.5. The van der Waals surface area contributed by atoms with E-state index >= 15 is 0 Å². The van der Waals surface area contributed by atoms with Crippen molar-refractivity contribution < 1.29 is 0 Å². The van der Waals surface area contributed by atoms with E-state index in [0.717, 1.165) is 61.3 Å². The molecule has 2 heteroatoms. The lowest BCUT2D eigenvalue weighted by molar-refractivity contribution is 0.577. The molecule has 0 aliphatic rings. The number of allylic oxidation sites excluding steroid dienone is 2. The van der Waals surface area contributed by atoms with E-state index in [1.807, 2.05) is 0 Å². The highest BCUT2D eigenvalue weighted by molar-refractivity contribution is 6.47. The SMILES string of the molecule is CCCCCCCCCC/C=C/C(=Nc1cc(CCCC)cc(CCCC)c1)C(CC)=Nc1cc(CCCC)cc(CCCC)c1. The minimum atomic E-state index is 0.864. The number of rotatable bonds is 26. The van der Waals surface area contributed by atoms with Crippen LogP contribution in [0.1, 0.15) is 179 Å². The van der Waals surface area contributed by atoms with Crippen LogP contribution in [-0.2, 0) is 25.7 Å². The van der Waals surface area contributed by atoms with E-state index in [0.29, 0.717) is 0 Å². The summed E-state index contributed by atoms with van der Waals surface area (Å²) in [4.78, 5) is 10.7. The third-order valence-electron chi connectivity index (χ3n) is 8.99. The molecule has 2 rings (SSSR count). The van der Waals surface area contributed by atoms with Gasteiger partial charge < -0.3 is 0 Å². The summed E-state index contributed by atoms with van der Waals surface area (Å²) in [5, 5.41) is 0. The average Bonchev–Trinajstić information content (AvgIpc) is 3.07. The molecule has 0 fully saturated rings. The summed E-state index contributed by atoms with van der Waals surface area (Å²) in [5.41, 5.74) is 10.0. The summed E-state index contributed by atoms with van der Waals surface area (Å²) in [6.07, 6.45) is 31.7. The first-order valence-electron chi connectivity index (χ1n) is 19.6. The van der Waals surface area contributed by atoms with Gasteiger partial charge >= 0.3 is 0 Å². The molecule has 256 valence electrons. The van der Waals surface area contributed by atoms with Crippen molar-refractivity contribution in [3.8, 4) is 0 Å². The largest absolute Gasteiger partial charge is 0.251 e. The van der Waals surface area contributed by atoms with Gasteiger partial charge in [0.1, 0.15) is 0 Å². The summed E-state index contributed by atoms with van der Waals surface area (Å²) in [6.45, 7) is 13.7. The molecular formula is C44H70N2. The van der Waals surface area contributed by atoms with E-state index in [2.05, 4.69) is 90.1 Å². The van der Waals surface area contributed by atoms with E-state index in [-0.39, 0.29) is 0 Å². The van der Waals surface area contributed by atoms with Crippen LogP contribution in [0.4, 0.5) is 11.4 Å². The molecule has 0 aliphatic carbocycles. The van der Waals surface area contributed by atoms with Crippen molar-refractivity contribution in [1.82, 2.24) is 0 Å². The molecule has 0 radical (unpaired) electrons. The van der Waals surface area contributed by atoms with E-state index in [1.165, 1.54) is 125 Å². The third kappa shape index (κ3) is 16.9. The molecular weight excluding hydrogens is 556 g/mol. The molecule has 0 saturated carbocycles. The van der Waals surface area contributed by atoms with Crippen molar-refractivity contribution in [3.05, 3.63) is 70.8 Å². The predicted molar refractivity (Wildman–Crippen MR) is 208 cm³/mol. The molecule has 2 nitrogen and oxygen atoms in total. The first kappa shape index (κ1) is 39.7. The lowest BCUT2D eigenvalue weighted by atomic mass is 10.0. The number of aryl methyl sites for hydroxylation is 4. The van der Waals surface area contributed by atoms with Crippen LogP contribution in [0.15, 0.2) is 58.5 Å². The highest BCUT2D eigenvalue weighted by Crippen LogP contribution is 2.25. The highest BCUT2D eigenvalue weighted by atomic mass is 14.8. The lowest BCUT2D eigenvalue weighted by Crippen LogP contribution is -2.10. The summed E-state index contributed by atoms with van der Waals surface area (Å²) in [6, 6.07) is 14.2. The van der Waals surface area contributed by atoms with Crippen molar-refractivity contribution >= 4 is 22.8 Å². The number of aliphatic imine (C=N–C) groups is 2. The predicted octanol–water partition coefficient (Wildman–Crippen LogP) is 14.4. The lowest BCUT2D eigenvalue weighted by Gasteiger charge is -2.11. The second-order valence-corrected chi connectivity index (χ2v) is 13.5. The summed E-state index contributed by atoms with van der Waals surface area (Å²) >= 11 is 0. The number of unbranched alkanes of at least 4 members (excludes halogenated alkanes) is 12. The van der Waals surface area contributed by atoms with Gasteiger partial charge in [0.05, 0.1) is 22.8 Å². The number of hydrogen-bond acceptors (Lipinski definition) is 2. The van der Waals surface area contributed by atoms with Crippen molar-refractivity contribution in [2.45, 2.75) is 183 Å². The fraction of sp³-hybridized carbons (Fsp3) is 0.636. The maximum Gasteiger partial charge on any atom is 0.0848 e. The summed E-state index contributed by atoms with van der Waals surface area (Å²) in [7, 11) is 0. The van der Waals surface area contributed by atoms with Crippen LogP contribution in [0.5, 0.6) is 0 Å². The van der Waals surface area contributed by atoms with Crippen LogP contribution in [-0.4, -0.2) is 11.4 Å². The summed E-state index contributed by atoms with van der Waals surface area (Å²) in [5.74, 6) is 0. The normalized spacial score (nSPS) is 12.5. The van der Waals surface area contributed by atoms with Crippen LogP contribution in [0.2, 0.25) is 0 Å². The Labute approximate surface area is 285 Å². The van der Waals surface area contributed by atoms with Crippen LogP contribution >= 0.6 is 0 Å². The van der Waals surface area contributed by atoms with Crippen LogP contribution in [0.3, 0.4) is 0 Å². The van der Waals surface area contributed by atoms with E-state index < -0.39 is 0 Å². The molecule has 46 heavy (non-hydrogen) atoms. The van der Waals surface area contributed by atoms with Crippen LogP contribution in [0.25, 0.3) is 0 Å². The fourth-order valence-corrected chi connectivity index (χ4v) is 6.12. The van der Waals surface area contributed by atoms with E-state index in [1.54, 1.807) is 0 Å². The Bertz CT molecular complexity index is 1120. The number of nitrogens with zero attached hydrogens (tertiary/aromatic N) is 2. The Balaban J connectivity index is 2.44. The Kier molecular flexibility index (Phi) is 22.1.